The SMILES string of the molecule is CNc1ncc(Cl)c(NCCN2CCCCC2)n1. The third-order valence-corrected chi connectivity index (χ3v) is 3.41. The average Bonchev–Trinajstić information content (AvgIpc) is 2.42. The zero-order valence-electron chi connectivity index (χ0n) is 10.7. The molecule has 1 aromatic heterocycles. The summed E-state index contributed by atoms with van der Waals surface area (Å²) in [5.41, 5.74) is 0. The molecule has 0 aliphatic carbocycles. The van der Waals surface area contributed by atoms with Gasteiger partial charge < -0.3 is 15.5 Å². The molecule has 0 unspecified atom stereocenters. The van der Waals surface area contributed by atoms with E-state index in [2.05, 4.69) is 25.5 Å². The maximum atomic E-state index is 6.05. The first-order valence-electron chi connectivity index (χ1n) is 6.46. The van der Waals surface area contributed by atoms with E-state index in [1.807, 2.05) is 0 Å². The molecule has 2 heterocycles. The van der Waals surface area contributed by atoms with Crippen molar-refractivity contribution >= 4 is 23.4 Å². The number of hydrogen-bond acceptors (Lipinski definition) is 5. The molecule has 1 aromatic rings. The van der Waals surface area contributed by atoms with Crippen LogP contribution >= 0.6 is 11.6 Å². The van der Waals surface area contributed by atoms with Gasteiger partial charge in [0.15, 0.2) is 5.82 Å². The molecule has 18 heavy (non-hydrogen) atoms. The van der Waals surface area contributed by atoms with Crippen LogP contribution in [0.25, 0.3) is 0 Å². The molecule has 0 amide bonds. The van der Waals surface area contributed by atoms with Crippen molar-refractivity contribution in [2.75, 3.05) is 43.9 Å². The van der Waals surface area contributed by atoms with Crippen molar-refractivity contribution in [2.24, 2.45) is 0 Å². The van der Waals surface area contributed by atoms with E-state index in [1.165, 1.54) is 32.4 Å². The summed E-state index contributed by atoms with van der Waals surface area (Å²) in [5, 5.41) is 6.74. The van der Waals surface area contributed by atoms with Crippen LogP contribution in [-0.2, 0) is 0 Å². The fraction of sp³-hybridized carbons (Fsp3) is 0.667. The molecule has 0 saturated carbocycles. The Bertz CT molecular complexity index is 379. The summed E-state index contributed by atoms with van der Waals surface area (Å²) in [6.07, 6.45) is 5.62. The van der Waals surface area contributed by atoms with Gasteiger partial charge >= 0.3 is 0 Å². The molecule has 0 bridgehead atoms. The molecule has 100 valence electrons. The van der Waals surface area contributed by atoms with Gasteiger partial charge in [0.25, 0.3) is 0 Å². The van der Waals surface area contributed by atoms with Crippen molar-refractivity contribution in [3.05, 3.63) is 11.2 Å². The molecule has 1 aliphatic rings. The Hall–Kier alpha value is -1.07. The van der Waals surface area contributed by atoms with Gasteiger partial charge in [0.1, 0.15) is 5.02 Å². The van der Waals surface area contributed by atoms with Crippen molar-refractivity contribution in [2.45, 2.75) is 19.3 Å². The maximum absolute atomic E-state index is 6.05. The normalized spacial score (nSPS) is 16.6. The monoisotopic (exact) mass is 269 g/mol. The number of rotatable bonds is 5. The molecule has 0 radical (unpaired) electrons. The van der Waals surface area contributed by atoms with Crippen LogP contribution in [0.3, 0.4) is 0 Å². The summed E-state index contributed by atoms with van der Waals surface area (Å²) >= 11 is 6.05. The summed E-state index contributed by atoms with van der Waals surface area (Å²) in [4.78, 5) is 10.8. The standard InChI is InChI=1S/C12H20ClN5/c1-14-12-16-9-10(13)11(17-12)15-5-8-18-6-3-2-4-7-18/h9H,2-8H2,1H3,(H2,14,15,16,17). The number of hydrogen-bond donors (Lipinski definition) is 2. The largest absolute Gasteiger partial charge is 0.367 e. The summed E-state index contributed by atoms with van der Waals surface area (Å²) in [7, 11) is 1.79. The fourth-order valence-corrected chi connectivity index (χ4v) is 2.28. The lowest BCUT2D eigenvalue weighted by Gasteiger charge is -2.26. The molecule has 6 heteroatoms. The van der Waals surface area contributed by atoms with Gasteiger partial charge in [-0.2, -0.15) is 4.98 Å². The topological polar surface area (TPSA) is 53.1 Å². The first-order chi connectivity index (χ1) is 8.79. The van der Waals surface area contributed by atoms with Gasteiger partial charge in [-0.25, -0.2) is 4.98 Å². The van der Waals surface area contributed by atoms with Crippen LogP contribution in [0.4, 0.5) is 11.8 Å². The Labute approximate surface area is 113 Å². The lowest BCUT2D eigenvalue weighted by atomic mass is 10.1. The van der Waals surface area contributed by atoms with E-state index in [9.17, 15) is 0 Å². The van der Waals surface area contributed by atoms with Gasteiger partial charge in [-0.1, -0.05) is 18.0 Å². The summed E-state index contributed by atoms with van der Waals surface area (Å²) in [5.74, 6) is 1.29. The van der Waals surface area contributed by atoms with Gasteiger partial charge in [0, 0.05) is 20.1 Å². The molecular weight excluding hydrogens is 250 g/mol. The van der Waals surface area contributed by atoms with E-state index in [0.717, 1.165) is 13.1 Å². The predicted molar refractivity (Wildman–Crippen MR) is 75.4 cm³/mol. The molecule has 1 saturated heterocycles. The first-order valence-corrected chi connectivity index (χ1v) is 6.84. The molecule has 0 aromatic carbocycles. The zero-order valence-corrected chi connectivity index (χ0v) is 11.5. The lowest BCUT2D eigenvalue weighted by Crippen LogP contribution is -2.33. The van der Waals surface area contributed by atoms with Crippen LogP contribution in [0, 0.1) is 0 Å². The second kappa shape index (κ2) is 6.75. The molecule has 0 atom stereocenters. The Morgan fingerprint density at radius 1 is 1.33 bits per heavy atom. The highest BCUT2D eigenvalue weighted by atomic mass is 35.5. The second-order valence-corrected chi connectivity index (χ2v) is 4.88. The second-order valence-electron chi connectivity index (χ2n) is 4.47. The highest BCUT2D eigenvalue weighted by molar-refractivity contribution is 6.32. The van der Waals surface area contributed by atoms with Gasteiger partial charge in [0.2, 0.25) is 5.95 Å². The van der Waals surface area contributed by atoms with Crippen molar-refractivity contribution in [3.8, 4) is 0 Å². The molecule has 2 rings (SSSR count). The van der Waals surface area contributed by atoms with Crippen molar-refractivity contribution < 1.29 is 0 Å². The molecular formula is C12H20ClN5. The molecule has 0 spiro atoms. The van der Waals surface area contributed by atoms with Crippen LogP contribution in [0.1, 0.15) is 19.3 Å². The highest BCUT2D eigenvalue weighted by Gasteiger charge is 2.10. The fourth-order valence-electron chi connectivity index (χ4n) is 2.13. The molecule has 2 N–H and O–H groups in total. The van der Waals surface area contributed by atoms with Gasteiger partial charge in [0.05, 0.1) is 6.20 Å². The number of likely N-dealkylation sites (tertiary alicyclic amines) is 1. The Balaban J connectivity index is 1.81. The number of halogens is 1. The van der Waals surface area contributed by atoms with E-state index in [4.69, 9.17) is 11.6 Å². The van der Waals surface area contributed by atoms with E-state index >= 15 is 0 Å². The molecule has 1 fully saturated rings. The van der Waals surface area contributed by atoms with E-state index in [-0.39, 0.29) is 0 Å². The van der Waals surface area contributed by atoms with Crippen LogP contribution in [0.5, 0.6) is 0 Å². The smallest absolute Gasteiger partial charge is 0.224 e. The number of nitrogens with one attached hydrogen (secondary N) is 2. The minimum absolute atomic E-state index is 0.563. The van der Waals surface area contributed by atoms with Crippen LogP contribution in [-0.4, -0.2) is 48.1 Å². The number of piperidine rings is 1. The van der Waals surface area contributed by atoms with Crippen molar-refractivity contribution in [1.82, 2.24) is 14.9 Å². The number of aromatic nitrogens is 2. The minimum atomic E-state index is 0.563. The van der Waals surface area contributed by atoms with E-state index in [0.29, 0.717) is 16.8 Å². The molecule has 1 aliphatic heterocycles. The maximum Gasteiger partial charge on any atom is 0.224 e. The van der Waals surface area contributed by atoms with Gasteiger partial charge in [-0.15, -0.1) is 0 Å². The lowest BCUT2D eigenvalue weighted by molar-refractivity contribution is 0.237. The van der Waals surface area contributed by atoms with Gasteiger partial charge in [-0.3, -0.25) is 0 Å². The molecule has 5 nitrogen and oxygen atoms in total. The average molecular weight is 270 g/mol. The predicted octanol–water partition coefficient (Wildman–Crippen LogP) is 2.07. The third-order valence-electron chi connectivity index (χ3n) is 3.14. The Morgan fingerprint density at radius 3 is 2.83 bits per heavy atom. The third kappa shape index (κ3) is 3.71. The first kappa shape index (κ1) is 13.4. The Kier molecular flexibility index (Phi) is 5.01. The van der Waals surface area contributed by atoms with Crippen molar-refractivity contribution in [3.63, 3.8) is 0 Å². The van der Waals surface area contributed by atoms with Crippen LogP contribution in [0.15, 0.2) is 6.20 Å². The van der Waals surface area contributed by atoms with Crippen molar-refractivity contribution in [1.29, 1.82) is 0 Å². The number of nitrogens with zero attached hydrogens (tertiary/aromatic N) is 3. The highest BCUT2D eigenvalue weighted by Crippen LogP contribution is 2.18. The summed E-state index contributed by atoms with van der Waals surface area (Å²) < 4.78 is 0. The number of anilines is 2. The van der Waals surface area contributed by atoms with Crippen LogP contribution < -0.4 is 10.6 Å². The Morgan fingerprint density at radius 2 is 2.11 bits per heavy atom. The van der Waals surface area contributed by atoms with E-state index in [1.54, 1.807) is 13.2 Å². The summed E-state index contributed by atoms with van der Waals surface area (Å²) in [6, 6.07) is 0. The quantitative estimate of drug-likeness (QED) is 0.857. The minimum Gasteiger partial charge on any atom is -0.367 e. The van der Waals surface area contributed by atoms with E-state index < -0.39 is 0 Å². The zero-order chi connectivity index (χ0) is 12.8. The van der Waals surface area contributed by atoms with Gasteiger partial charge in [-0.05, 0) is 25.9 Å². The summed E-state index contributed by atoms with van der Waals surface area (Å²) in [6.45, 7) is 4.32. The van der Waals surface area contributed by atoms with Crippen LogP contribution in [0.2, 0.25) is 5.02 Å².